The van der Waals surface area contributed by atoms with E-state index in [-0.39, 0.29) is 0 Å². The van der Waals surface area contributed by atoms with Crippen LogP contribution < -0.4 is 5.32 Å². The highest BCUT2D eigenvalue weighted by molar-refractivity contribution is 5.49. The maximum absolute atomic E-state index is 4.44. The summed E-state index contributed by atoms with van der Waals surface area (Å²) in [4.78, 5) is 4.44. The van der Waals surface area contributed by atoms with Crippen molar-refractivity contribution in [3.63, 3.8) is 0 Å². The average Bonchev–Trinajstić information content (AvgIpc) is 2.45. The van der Waals surface area contributed by atoms with Crippen molar-refractivity contribution in [1.82, 2.24) is 10.3 Å². The highest BCUT2D eigenvalue weighted by Crippen LogP contribution is 2.30. The molecule has 0 unspecified atom stereocenters. The van der Waals surface area contributed by atoms with Crippen molar-refractivity contribution in [1.29, 1.82) is 0 Å². The van der Waals surface area contributed by atoms with E-state index in [1.54, 1.807) is 0 Å². The van der Waals surface area contributed by atoms with Gasteiger partial charge in [-0.3, -0.25) is 4.98 Å². The topological polar surface area (TPSA) is 24.9 Å². The summed E-state index contributed by atoms with van der Waals surface area (Å²) in [6.07, 6.45) is 11.0. The predicted octanol–water partition coefficient (Wildman–Crippen LogP) is 4.04. The van der Waals surface area contributed by atoms with Gasteiger partial charge in [-0.15, -0.1) is 0 Å². The molecule has 1 aromatic heterocycles. The van der Waals surface area contributed by atoms with Crippen molar-refractivity contribution in [2.75, 3.05) is 6.54 Å². The van der Waals surface area contributed by atoms with Crippen molar-refractivity contribution in [2.24, 2.45) is 5.92 Å². The van der Waals surface area contributed by atoms with Crippen molar-refractivity contribution in [3.8, 4) is 0 Å². The molecule has 0 bridgehead atoms. The second-order valence-corrected chi connectivity index (χ2v) is 5.84. The molecule has 0 atom stereocenters. The lowest BCUT2D eigenvalue weighted by atomic mass is 9.83. The summed E-state index contributed by atoms with van der Waals surface area (Å²) in [5.74, 6) is 0.752. The standard InChI is InChI=1S/C17H26N2/c1-14(2)19-13-16(15-8-4-3-5-9-15)12-17-10-6-7-11-18-17/h6-7,10-12,14-15,19H,3-5,8-9,13H2,1-2H3. The molecule has 1 heterocycles. The highest BCUT2D eigenvalue weighted by Gasteiger charge is 2.17. The lowest BCUT2D eigenvalue weighted by Gasteiger charge is -2.25. The van der Waals surface area contributed by atoms with Crippen LogP contribution >= 0.6 is 0 Å². The lowest BCUT2D eigenvalue weighted by Crippen LogP contribution is -2.28. The average molecular weight is 258 g/mol. The van der Waals surface area contributed by atoms with Gasteiger partial charge in [0.25, 0.3) is 0 Å². The Balaban J connectivity index is 2.10. The molecule has 0 saturated heterocycles. The zero-order valence-electron chi connectivity index (χ0n) is 12.2. The van der Waals surface area contributed by atoms with Gasteiger partial charge in [-0.25, -0.2) is 0 Å². The third-order valence-corrected chi connectivity index (χ3v) is 3.87. The quantitative estimate of drug-likeness (QED) is 0.862. The Hall–Kier alpha value is -1.15. The van der Waals surface area contributed by atoms with Gasteiger partial charge < -0.3 is 5.32 Å². The first-order valence-electron chi connectivity index (χ1n) is 7.60. The molecule has 2 nitrogen and oxygen atoms in total. The normalized spacial score (nSPS) is 17.9. The van der Waals surface area contributed by atoms with E-state index in [2.05, 4.69) is 42.4 Å². The van der Waals surface area contributed by atoms with E-state index < -0.39 is 0 Å². The fourth-order valence-electron chi connectivity index (χ4n) is 2.76. The SMILES string of the molecule is CC(C)NCC(=Cc1ccccn1)C1CCCCC1. The predicted molar refractivity (Wildman–Crippen MR) is 81.9 cm³/mol. The van der Waals surface area contributed by atoms with Gasteiger partial charge in [-0.05, 0) is 37.0 Å². The molecule has 0 aliphatic heterocycles. The molecular formula is C17H26N2. The zero-order valence-corrected chi connectivity index (χ0v) is 12.2. The van der Waals surface area contributed by atoms with Crippen LogP contribution in [0, 0.1) is 5.92 Å². The Morgan fingerprint density at radius 2 is 2.11 bits per heavy atom. The number of hydrogen-bond acceptors (Lipinski definition) is 2. The molecule has 1 fully saturated rings. The fourth-order valence-corrected chi connectivity index (χ4v) is 2.76. The largest absolute Gasteiger partial charge is 0.311 e. The molecule has 1 aliphatic rings. The smallest absolute Gasteiger partial charge is 0.0629 e. The van der Waals surface area contributed by atoms with E-state index in [1.165, 1.54) is 37.7 Å². The molecule has 0 amide bonds. The van der Waals surface area contributed by atoms with Gasteiger partial charge in [-0.2, -0.15) is 0 Å². The minimum Gasteiger partial charge on any atom is -0.311 e. The molecule has 1 N–H and O–H groups in total. The van der Waals surface area contributed by atoms with E-state index >= 15 is 0 Å². The molecule has 0 radical (unpaired) electrons. The van der Waals surface area contributed by atoms with Gasteiger partial charge in [0, 0.05) is 18.8 Å². The fraction of sp³-hybridized carbons (Fsp3) is 0.588. The minimum absolute atomic E-state index is 0.538. The minimum atomic E-state index is 0.538. The summed E-state index contributed by atoms with van der Waals surface area (Å²) in [6, 6.07) is 6.67. The Morgan fingerprint density at radius 1 is 1.32 bits per heavy atom. The first-order valence-corrected chi connectivity index (χ1v) is 7.60. The molecule has 104 valence electrons. The second kappa shape index (κ2) is 7.44. The van der Waals surface area contributed by atoms with Gasteiger partial charge >= 0.3 is 0 Å². The Morgan fingerprint density at radius 3 is 2.74 bits per heavy atom. The summed E-state index contributed by atoms with van der Waals surface area (Å²) in [5, 5.41) is 3.57. The summed E-state index contributed by atoms with van der Waals surface area (Å²) in [7, 11) is 0. The van der Waals surface area contributed by atoms with Gasteiger partial charge in [0.2, 0.25) is 0 Å². The van der Waals surface area contributed by atoms with Crippen LogP contribution in [0.1, 0.15) is 51.6 Å². The van der Waals surface area contributed by atoms with Crippen molar-refractivity contribution >= 4 is 6.08 Å². The Bertz CT molecular complexity index is 389. The summed E-state index contributed by atoms with van der Waals surface area (Å²) in [6.45, 7) is 5.41. The number of aromatic nitrogens is 1. The van der Waals surface area contributed by atoms with Gasteiger partial charge in [0.1, 0.15) is 0 Å². The maximum atomic E-state index is 4.44. The number of pyridine rings is 1. The van der Waals surface area contributed by atoms with Crippen LogP contribution in [-0.4, -0.2) is 17.6 Å². The molecule has 2 heteroatoms. The third-order valence-electron chi connectivity index (χ3n) is 3.87. The molecule has 0 spiro atoms. The number of hydrogen-bond donors (Lipinski definition) is 1. The van der Waals surface area contributed by atoms with Crippen LogP contribution in [0.4, 0.5) is 0 Å². The van der Waals surface area contributed by atoms with Gasteiger partial charge in [-0.1, -0.05) is 44.7 Å². The van der Waals surface area contributed by atoms with Crippen LogP contribution in [0.5, 0.6) is 0 Å². The maximum Gasteiger partial charge on any atom is 0.0629 e. The van der Waals surface area contributed by atoms with Crippen LogP contribution in [0.15, 0.2) is 30.0 Å². The van der Waals surface area contributed by atoms with Crippen LogP contribution in [-0.2, 0) is 0 Å². The lowest BCUT2D eigenvalue weighted by molar-refractivity contribution is 0.394. The number of nitrogens with one attached hydrogen (secondary N) is 1. The highest BCUT2D eigenvalue weighted by atomic mass is 14.9. The molecule has 1 aromatic rings. The number of nitrogens with zero attached hydrogens (tertiary/aromatic N) is 1. The van der Waals surface area contributed by atoms with E-state index in [1.807, 2.05) is 12.3 Å². The van der Waals surface area contributed by atoms with Crippen molar-refractivity contribution < 1.29 is 0 Å². The molecule has 2 rings (SSSR count). The molecule has 0 aromatic carbocycles. The zero-order chi connectivity index (χ0) is 13.5. The van der Waals surface area contributed by atoms with E-state index in [0.29, 0.717) is 6.04 Å². The molecule has 19 heavy (non-hydrogen) atoms. The van der Waals surface area contributed by atoms with Crippen LogP contribution in [0.25, 0.3) is 6.08 Å². The number of rotatable bonds is 5. The van der Waals surface area contributed by atoms with Gasteiger partial charge in [0.15, 0.2) is 0 Å². The van der Waals surface area contributed by atoms with Crippen molar-refractivity contribution in [3.05, 3.63) is 35.7 Å². The monoisotopic (exact) mass is 258 g/mol. The Kier molecular flexibility index (Phi) is 5.59. The van der Waals surface area contributed by atoms with E-state index in [0.717, 1.165) is 18.2 Å². The van der Waals surface area contributed by atoms with Crippen LogP contribution in [0.3, 0.4) is 0 Å². The second-order valence-electron chi connectivity index (χ2n) is 5.84. The molecule has 1 aliphatic carbocycles. The van der Waals surface area contributed by atoms with Gasteiger partial charge in [0.05, 0.1) is 5.69 Å². The first-order chi connectivity index (χ1) is 9.25. The summed E-state index contributed by atoms with van der Waals surface area (Å²) >= 11 is 0. The van der Waals surface area contributed by atoms with Crippen LogP contribution in [0.2, 0.25) is 0 Å². The summed E-state index contributed by atoms with van der Waals surface area (Å²) in [5.41, 5.74) is 2.63. The molecular weight excluding hydrogens is 232 g/mol. The summed E-state index contributed by atoms with van der Waals surface area (Å²) < 4.78 is 0. The molecule has 1 saturated carbocycles. The van der Waals surface area contributed by atoms with E-state index in [9.17, 15) is 0 Å². The van der Waals surface area contributed by atoms with Crippen molar-refractivity contribution in [2.45, 2.75) is 52.0 Å². The Labute approximate surface area is 117 Å². The first kappa shape index (κ1) is 14.3. The van der Waals surface area contributed by atoms with E-state index in [4.69, 9.17) is 0 Å². The third kappa shape index (κ3) is 4.79.